The first-order valence-corrected chi connectivity index (χ1v) is 18.1. The predicted molar refractivity (Wildman–Crippen MR) is 195 cm³/mol. The van der Waals surface area contributed by atoms with E-state index in [2.05, 4.69) is 16.9 Å². The lowest BCUT2D eigenvalue weighted by atomic mass is 9.96. The van der Waals surface area contributed by atoms with Crippen molar-refractivity contribution in [2.45, 2.75) is 83.3 Å². The van der Waals surface area contributed by atoms with Crippen molar-refractivity contribution in [1.82, 2.24) is 0 Å². The summed E-state index contributed by atoms with van der Waals surface area (Å²) in [4.78, 5) is 29.4. The van der Waals surface area contributed by atoms with Crippen LogP contribution in [0.4, 0.5) is 23.2 Å². The average molecular weight is 753 g/mol. The van der Waals surface area contributed by atoms with Crippen molar-refractivity contribution in [3.63, 3.8) is 0 Å². The summed E-state index contributed by atoms with van der Waals surface area (Å²) in [5.74, 6) is -13.3. The van der Waals surface area contributed by atoms with Crippen LogP contribution in [0.15, 0.2) is 71.9 Å². The largest absolute Gasteiger partial charge is 0.493 e. The van der Waals surface area contributed by atoms with Crippen molar-refractivity contribution in [3.05, 3.63) is 117 Å². The van der Waals surface area contributed by atoms with Gasteiger partial charge in [-0.1, -0.05) is 99.5 Å². The maximum atomic E-state index is 15.0. The van der Waals surface area contributed by atoms with E-state index in [4.69, 9.17) is 30.2 Å². The fraction of sp³-hybridized carbons (Fsp3) is 0.400. The van der Waals surface area contributed by atoms with Crippen LogP contribution < -0.4 is 15.2 Å². The Morgan fingerprint density at radius 2 is 1.44 bits per heavy atom. The molecule has 1 unspecified atom stereocenters. The summed E-state index contributed by atoms with van der Waals surface area (Å²) < 4.78 is 82.4. The molecule has 1 atom stereocenters. The molecular weight excluding hydrogens is 708 g/mol. The van der Waals surface area contributed by atoms with E-state index in [9.17, 15) is 18.4 Å². The molecule has 2 N–H and O–H groups in total. The molecule has 10 nitrogen and oxygen atoms in total. The van der Waals surface area contributed by atoms with Gasteiger partial charge in [0.2, 0.25) is 0 Å². The summed E-state index contributed by atoms with van der Waals surface area (Å²) in [6, 6.07) is 13.5. The quantitative estimate of drug-likeness (QED) is 0.0166. The van der Waals surface area contributed by atoms with Gasteiger partial charge in [-0.15, -0.1) is 0 Å². The fourth-order valence-corrected chi connectivity index (χ4v) is 5.71. The molecule has 4 rings (SSSR count). The molecule has 0 saturated carbocycles. The van der Waals surface area contributed by atoms with E-state index >= 15 is 8.78 Å². The molecule has 54 heavy (non-hydrogen) atoms. The van der Waals surface area contributed by atoms with Gasteiger partial charge in [-0.3, -0.25) is 0 Å². The lowest BCUT2D eigenvalue weighted by Gasteiger charge is -2.32. The number of unbranched alkanes of at least 4 members (excludes halogenated alkanes) is 8. The zero-order valence-corrected chi connectivity index (χ0v) is 30.1. The Hall–Kier alpha value is -5.33. The highest BCUT2D eigenvalue weighted by molar-refractivity contribution is 5.94. The normalized spacial score (nSPS) is 14.9. The monoisotopic (exact) mass is 752 g/mol. The van der Waals surface area contributed by atoms with E-state index in [-0.39, 0.29) is 24.3 Å². The van der Waals surface area contributed by atoms with E-state index in [0.29, 0.717) is 30.9 Å². The van der Waals surface area contributed by atoms with Crippen molar-refractivity contribution in [3.8, 4) is 11.5 Å². The van der Waals surface area contributed by atoms with E-state index in [1.54, 1.807) is 42.5 Å². The van der Waals surface area contributed by atoms with E-state index in [1.807, 2.05) is 6.07 Å². The second-order valence-corrected chi connectivity index (χ2v) is 12.6. The summed E-state index contributed by atoms with van der Waals surface area (Å²) >= 11 is 0. The van der Waals surface area contributed by atoms with Crippen molar-refractivity contribution in [2.24, 2.45) is 10.8 Å². The minimum atomic E-state index is -2.34. The Labute approximate surface area is 311 Å². The number of allylic oxidation sites excluding steroid dienone is 2. The van der Waals surface area contributed by atoms with Crippen LogP contribution in [-0.2, 0) is 9.47 Å². The van der Waals surface area contributed by atoms with Crippen LogP contribution in [0.2, 0.25) is 0 Å². The number of ether oxygens (including phenoxy) is 4. The maximum Gasteiger partial charge on any atom is 0.347 e. The van der Waals surface area contributed by atoms with Gasteiger partial charge in [-0.25, -0.2) is 27.2 Å². The minimum absolute atomic E-state index is 0.0706. The third-order valence-electron chi connectivity index (χ3n) is 8.65. The Morgan fingerprint density at radius 3 is 2.07 bits per heavy atom. The topological polar surface area (TPSA) is 146 Å². The lowest BCUT2D eigenvalue weighted by molar-refractivity contribution is -0.134. The first-order chi connectivity index (χ1) is 26.1. The SMILES string of the molecule is CCCCCCCCOc1ccc(C(=O)OC2(OC(=O)c3c(F)c(F)c(N=[N+]=[N-])c(F)c3F)C=CC(c3ccccc3)=CC2)c(OCCCCCCN)c1. The van der Waals surface area contributed by atoms with Crippen LogP contribution in [0, 0.1) is 23.3 Å². The number of benzene rings is 3. The number of halogens is 4. The van der Waals surface area contributed by atoms with Crippen LogP contribution >= 0.6 is 0 Å². The van der Waals surface area contributed by atoms with E-state index in [1.165, 1.54) is 24.6 Å². The van der Waals surface area contributed by atoms with Crippen LogP contribution in [0.25, 0.3) is 16.0 Å². The molecule has 3 aromatic carbocycles. The first-order valence-electron chi connectivity index (χ1n) is 18.1. The van der Waals surface area contributed by atoms with Gasteiger partial charge in [0.15, 0.2) is 23.3 Å². The lowest BCUT2D eigenvalue weighted by Crippen LogP contribution is -2.39. The van der Waals surface area contributed by atoms with Crippen LogP contribution in [0.3, 0.4) is 0 Å². The van der Waals surface area contributed by atoms with Crippen molar-refractivity contribution in [1.29, 1.82) is 0 Å². The molecule has 0 heterocycles. The Bertz CT molecular complexity index is 1840. The average Bonchev–Trinajstić information content (AvgIpc) is 3.17. The second kappa shape index (κ2) is 20.8. The third kappa shape index (κ3) is 11.1. The standard InChI is InChI=1S/C40H44F4N4O6/c1-2-3-4-5-7-13-24-51-29-17-18-30(31(26-29)52-25-14-8-6-12-23-45)38(49)53-40(21-19-28(20-22-40)27-15-10-9-11-16-27)54-39(50)32-33(41)35(43)37(47-48-46)36(44)34(32)42/h9-11,15-21,26H,2-8,12-14,22-25,45H2,1H3. The highest BCUT2D eigenvalue weighted by atomic mass is 19.2. The van der Waals surface area contributed by atoms with Crippen molar-refractivity contribution in [2.75, 3.05) is 19.8 Å². The van der Waals surface area contributed by atoms with Crippen LogP contribution in [0.5, 0.6) is 11.5 Å². The summed E-state index contributed by atoms with van der Waals surface area (Å²) in [5, 5.41) is 2.64. The van der Waals surface area contributed by atoms with Gasteiger partial charge in [0.05, 0.1) is 13.2 Å². The highest BCUT2D eigenvalue weighted by Gasteiger charge is 2.41. The molecule has 0 spiro atoms. The van der Waals surface area contributed by atoms with Gasteiger partial charge in [0.1, 0.15) is 28.3 Å². The molecule has 1 aliphatic carbocycles. The van der Waals surface area contributed by atoms with Gasteiger partial charge >= 0.3 is 11.9 Å². The van der Waals surface area contributed by atoms with Gasteiger partial charge in [-0.2, -0.15) is 0 Å². The van der Waals surface area contributed by atoms with Crippen LogP contribution in [0.1, 0.15) is 104 Å². The predicted octanol–water partition coefficient (Wildman–Crippen LogP) is 10.6. The Balaban J connectivity index is 1.63. The van der Waals surface area contributed by atoms with E-state index < -0.39 is 52.2 Å². The number of hydrogen-bond donors (Lipinski definition) is 1. The molecule has 0 radical (unpaired) electrons. The molecule has 0 aliphatic heterocycles. The molecule has 14 heteroatoms. The first kappa shape index (κ1) is 41.4. The second-order valence-electron chi connectivity index (χ2n) is 12.6. The maximum absolute atomic E-state index is 15.0. The number of carbonyl (C=O) groups excluding carboxylic acids is 2. The van der Waals surface area contributed by atoms with Crippen molar-refractivity contribution >= 4 is 23.2 Å². The Morgan fingerprint density at radius 1 is 0.815 bits per heavy atom. The summed E-state index contributed by atoms with van der Waals surface area (Å²) in [6.07, 6.45) is 13.6. The van der Waals surface area contributed by atoms with Gasteiger partial charge in [-0.05, 0) is 54.6 Å². The molecule has 0 saturated heterocycles. The van der Waals surface area contributed by atoms with Crippen molar-refractivity contribution < 1.29 is 46.1 Å². The molecule has 0 amide bonds. The van der Waals surface area contributed by atoms with Gasteiger partial charge in [0, 0.05) is 23.5 Å². The summed E-state index contributed by atoms with van der Waals surface area (Å²) in [5.41, 5.74) is 12.1. The molecule has 0 fully saturated rings. The number of esters is 2. The molecule has 3 aromatic rings. The fourth-order valence-electron chi connectivity index (χ4n) is 5.71. The highest BCUT2D eigenvalue weighted by Crippen LogP contribution is 2.36. The number of hydrogen-bond acceptors (Lipinski definition) is 8. The number of rotatable bonds is 21. The number of carbonyl (C=O) groups is 2. The number of nitrogens with two attached hydrogens (primary N) is 1. The number of azide groups is 1. The smallest absolute Gasteiger partial charge is 0.347 e. The number of nitrogens with zero attached hydrogens (tertiary/aromatic N) is 3. The molecule has 288 valence electrons. The van der Waals surface area contributed by atoms with Gasteiger partial charge < -0.3 is 24.7 Å². The molecular formula is C40H44F4N4O6. The zero-order chi connectivity index (χ0) is 38.9. The van der Waals surface area contributed by atoms with E-state index in [0.717, 1.165) is 56.9 Å². The summed E-state index contributed by atoms with van der Waals surface area (Å²) in [6.45, 7) is 3.42. The molecule has 1 aliphatic rings. The third-order valence-corrected chi connectivity index (χ3v) is 8.65. The van der Waals surface area contributed by atoms with Gasteiger partial charge in [0.25, 0.3) is 5.79 Å². The molecule has 0 bridgehead atoms. The molecule has 0 aromatic heterocycles. The minimum Gasteiger partial charge on any atom is -0.493 e. The summed E-state index contributed by atoms with van der Waals surface area (Å²) in [7, 11) is 0. The Kier molecular flexibility index (Phi) is 15.9. The zero-order valence-electron chi connectivity index (χ0n) is 30.1. The van der Waals surface area contributed by atoms with Crippen LogP contribution in [-0.4, -0.2) is 37.5 Å².